The van der Waals surface area contributed by atoms with E-state index in [0.717, 1.165) is 24.8 Å². The highest BCUT2D eigenvalue weighted by Crippen LogP contribution is 2.39. The summed E-state index contributed by atoms with van der Waals surface area (Å²) in [6.45, 7) is 10.1. The fourth-order valence-electron chi connectivity index (χ4n) is 3.88. The fourth-order valence-corrected chi connectivity index (χ4v) is 3.88. The van der Waals surface area contributed by atoms with Crippen LogP contribution in [0.25, 0.3) is 0 Å². The Balaban J connectivity index is 1.78. The highest BCUT2D eigenvalue weighted by Gasteiger charge is 2.33. The monoisotopic (exact) mass is 288 g/mol. The Morgan fingerprint density at radius 3 is 2.95 bits per heavy atom. The van der Waals surface area contributed by atoms with Crippen LogP contribution in [0.3, 0.4) is 0 Å². The number of nitrogens with one attached hydrogen (secondary N) is 1. The van der Waals surface area contributed by atoms with Gasteiger partial charge in [-0.1, -0.05) is 32.0 Å². The highest BCUT2D eigenvalue weighted by molar-refractivity contribution is 5.38. The van der Waals surface area contributed by atoms with Gasteiger partial charge < -0.3 is 10.1 Å². The van der Waals surface area contributed by atoms with Crippen LogP contribution < -0.4 is 10.1 Å². The third kappa shape index (κ3) is 3.24. The van der Waals surface area contributed by atoms with Gasteiger partial charge in [-0.05, 0) is 44.5 Å². The van der Waals surface area contributed by atoms with Crippen molar-refractivity contribution in [2.24, 2.45) is 11.8 Å². The average Bonchev–Trinajstić information content (AvgIpc) is 2.54. The van der Waals surface area contributed by atoms with Gasteiger partial charge in [0.25, 0.3) is 0 Å². The molecular weight excluding hydrogens is 260 g/mol. The molecule has 3 unspecified atom stereocenters. The summed E-state index contributed by atoms with van der Waals surface area (Å²) in [5.41, 5.74) is 1.38. The standard InChI is InChI=1S/C18H28N2O/c1-3-20(12-15-7-6-10-19-11-15)18-14(2)13-21-17-9-5-4-8-16(17)18/h4-5,8-9,14-15,18-19H,3,6-7,10-13H2,1-2H3. The lowest BCUT2D eigenvalue weighted by Crippen LogP contribution is -2.43. The van der Waals surface area contributed by atoms with Gasteiger partial charge in [-0.15, -0.1) is 0 Å². The van der Waals surface area contributed by atoms with Gasteiger partial charge in [0.15, 0.2) is 0 Å². The zero-order chi connectivity index (χ0) is 14.7. The molecule has 21 heavy (non-hydrogen) atoms. The van der Waals surface area contributed by atoms with Crippen molar-refractivity contribution in [2.75, 3.05) is 32.8 Å². The van der Waals surface area contributed by atoms with E-state index in [2.05, 4.69) is 48.3 Å². The molecule has 1 aromatic rings. The van der Waals surface area contributed by atoms with Crippen molar-refractivity contribution in [3.63, 3.8) is 0 Å². The van der Waals surface area contributed by atoms with Gasteiger partial charge in [0.05, 0.1) is 6.61 Å². The zero-order valence-corrected chi connectivity index (χ0v) is 13.3. The van der Waals surface area contributed by atoms with Gasteiger partial charge >= 0.3 is 0 Å². The molecule has 0 amide bonds. The lowest BCUT2D eigenvalue weighted by Gasteiger charge is -2.41. The molecule has 2 aliphatic rings. The van der Waals surface area contributed by atoms with Gasteiger partial charge in [-0.3, -0.25) is 4.90 Å². The third-order valence-electron chi connectivity index (χ3n) is 4.97. The first kappa shape index (κ1) is 14.9. The lowest BCUT2D eigenvalue weighted by atomic mass is 9.89. The number of hydrogen-bond acceptors (Lipinski definition) is 3. The molecule has 3 nitrogen and oxygen atoms in total. The van der Waals surface area contributed by atoms with Crippen molar-refractivity contribution in [2.45, 2.75) is 32.7 Å². The van der Waals surface area contributed by atoms with Crippen molar-refractivity contribution in [1.82, 2.24) is 10.2 Å². The Kier molecular flexibility index (Phi) is 4.81. The minimum atomic E-state index is 0.502. The smallest absolute Gasteiger partial charge is 0.124 e. The molecule has 0 bridgehead atoms. The Hall–Kier alpha value is -1.06. The van der Waals surface area contributed by atoms with E-state index >= 15 is 0 Å². The zero-order valence-electron chi connectivity index (χ0n) is 13.3. The minimum absolute atomic E-state index is 0.502. The molecule has 1 N–H and O–H groups in total. The second-order valence-electron chi connectivity index (χ2n) is 6.57. The summed E-state index contributed by atoms with van der Waals surface area (Å²) in [7, 11) is 0. The predicted octanol–water partition coefficient (Wildman–Crippen LogP) is 3.08. The summed E-state index contributed by atoms with van der Waals surface area (Å²) >= 11 is 0. The number of hydrogen-bond donors (Lipinski definition) is 1. The SMILES string of the molecule is CCN(CC1CCCNC1)C1c2ccccc2OCC1C. The minimum Gasteiger partial charge on any atom is -0.493 e. The van der Waals surface area contributed by atoms with Crippen LogP contribution in [0.5, 0.6) is 5.75 Å². The average molecular weight is 288 g/mol. The molecule has 3 heteroatoms. The first-order chi connectivity index (χ1) is 10.3. The Morgan fingerprint density at radius 1 is 1.33 bits per heavy atom. The molecule has 3 atom stereocenters. The van der Waals surface area contributed by atoms with Crippen molar-refractivity contribution in [1.29, 1.82) is 0 Å². The van der Waals surface area contributed by atoms with Gasteiger partial charge in [0.2, 0.25) is 0 Å². The first-order valence-corrected chi connectivity index (χ1v) is 8.46. The van der Waals surface area contributed by atoms with E-state index in [4.69, 9.17) is 4.74 Å². The topological polar surface area (TPSA) is 24.5 Å². The normalized spacial score (nSPS) is 29.0. The summed E-state index contributed by atoms with van der Waals surface area (Å²) in [5.74, 6) is 2.43. The maximum Gasteiger partial charge on any atom is 0.124 e. The first-order valence-electron chi connectivity index (χ1n) is 8.46. The molecule has 1 saturated heterocycles. The molecule has 2 aliphatic heterocycles. The number of para-hydroxylation sites is 1. The molecule has 2 heterocycles. The van der Waals surface area contributed by atoms with Crippen LogP contribution in [0.1, 0.15) is 38.3 Å². The van der Waals surface area contributed by atoms with Gasteiger partial charge in [0.1, 0.15) is 5.75 Å². The van der Waals surface area contributed by atoms with Gasteiger partial charge in [-0.25, -0.2) is 0 Å². The molecule has 1 aromatic carbocycles. The summed E-state index contributed by atoms with van der Waals surface area (Å²) in [5, 5.41) is 3.55. The predicted molar refractivity (Wildman–Crippen MR) is 86.7 cm³/mol. The maximum atomic E-state index is 5.91. The number of benzene rings is 1. The fraction of sp³-hybridized carbons (Fsp3) is 0.667. The van der Waals surface area contributed by atoms with Crippen LogP contribution in [-0.2, 0) is 0 Å². The van der Waals surface area contributed by atoms with Crippen molar-refractivity contribution >= 4 is 0 Å². The van der Waals surface area contributed by atoms with E-state index in [-0.39, 0.29) is 0 Å². The number of nitrogens with zero attached hydrogens (tertiary/aromatic N) is 1. The summed E-state index contributed by atoms with van der Waals surface area (Å²) < 4.78 is 5.91. The Labute approximate surface area is 128 Å². The molecule has 3 rings (SSSR count). The Morgan fingerprint density at radius 2 is 2.19 bits per heavy atom. The quantitative estimate of drug-likeness (QED) is 0.921. The van der Waals surface area contributed by atoms with Crippen LogP contribution in [0.15, 0.2) is 24.3 Å². The number of fused-ring (bicyclic) bond motifs is 1. The second-order valence-corrected chi connectivity index (χ2v) is 6.57. The number of rotatable bonds is 4. The van der Waals surface area contributed by atoms with Crippen molar-refractivity contribution in [3.05, 3.63) is 29.8 Å². The van der Waals surface area contributed by atoms with E-state index in [1.54, 1.807) is 0 Å². The molecule has 116 valence electrons. The van der Waals surface area contributed by atoms with Crippen LogP contribution in [0, 0.1) is 11.8 Å². The molecule has 0 aromatic heterocycles. The van der Waals surface area contributed by atoms with Crippen LogP contribution >= 0.6 is 0 Å². The van der Waals surface area contributed by atoms with E-state index in [0.29, 0.717) is 12.0 Å². The lowest BCUT2D eigenvalue weighted by molar-refractivity contribution is 0.0769. The summed E-state index contributed by atoms with van der Waals surface area (Å²) in [6, 6.07) is 9.08. The second kappa shape index (κ2) is 6.80. The summed E-state index contributed by atoms with van der Waals surface area (Å²) in [6.07, 6.45) is 2.69. The van der Waals surface area contributed by atoms with Crippen LogP contribution in [0.2, 0.25) is 0 Å². The number of piperidine rings is 1. The Bertz CT molecular complexity index is 456. The maximum absolute atomic E-state index is 5.91. The molecular formula is C18H28N2O. The largest absolute Gasteiger partial charge is 0.493 e. The molecule has 0 spiro atoms. The summed E-state index contributed by atoms with van der Waals surface area (Å²) in [4.78, 5) is 2.67. The van der Waals surface area contributed by atoms with Gasteiger partial charge in [0, 0.05) is 24.1 Å². The van der Waals surface area contributed by atoms with Crippen molar-refractivity contribution < 1.29 is 4.74 Å². The van der Waals surface area contributed by atoms with E-state index in [1.807, 2.05) is 0 Å². The molecule has 1 fully saturated rings. The molecule has 0 radical (unpaired) electrons. The third-order valence-corrected chi connectivity index (χ3v) is 4.97. The van der Waals surface area contributed by atoms with Crippen LogP contribution in [0.4, 0.5) is 0 Å². The molecule has 0 saturated carbocycles. The van der Waals surface area contributed by atoms with Gasteiger partial charge in [-0.2, -0.15) is 0 Å². The van der Waals surface area contributed by atoms with E-state index in [1.165, 1.54) is 38.0 Å². The van der Waals surface area contributed by atoms with E-state index in [9.17, 15) is 0 Å². The highest BCUT2D eigenvalue weighted by atomic mass is 16.5. The van der Waals surface area contributed by atoms with Crippen LogP contribution in [-0.4, -0.2) is 37.7 Å². The van der Waals surface area contributed by atoms with Crippen molar-refractivity contribution in [3.8, 4) is 5.75 Å². The molecule has 0 aliphatic carbocycles. The van der Waals surface area contributed by atoms with E-state index < -0.39 is 0 Å². The number of ether oxygens (including phenoxy) is 1.